The third-order valence-corrected chi connectivity index (χ3v) is 6.38. The highest BCUT2D eigenvalue weighted by Gasteiger charge is 2.43. The van der Waals surface area contributed by atoms with E-state index in [1.807, 2.05) is 13.0 Å². The van der Waals surface area contributed by atoms with E-state index in [0.29, 0.717) is 12.0 Å². The van der Waals surface area contributed by atoms with Gasteiger partial charge in [-0.3, -0.25) is 9.59 Å². The molecule has 0 aromatic heterocycles. The van der Waals surface area contributed by atoms with Gasteiger partial charge in [-0.2, -0.15) is 0 Å². The normalized spacial score (nSPS) is 45.3. The maximum atomic E-state index is 13.6. The Morgan fingerprint density at radius 1 is 1.43 bits per heavy atom. The van der Waals surface area contributed by atoms with Crippen molar-refractivity contribution in [2.24, 2.45) is 29.1 Å². The topological polar surface area (TPSA) is 72.8 Å². The molecule has 168 valence electrons. The van der Waals surface area contributed by atoms with Crippen LogP contribution in [0.2, 0.25) is 0 Å². The number of carbonyl (C=O) groups excluding carboxylic acids is 2. The molecule has 1 saturated heterocycles. The quantitative estimate of drug-likeness (QED) is 0.598. The number of aliphatic hydroxyl groups is 1. The van der Waals surface area contributed by atoms with Gasteiger partial charge in [0.05, 0.1) is 17.9 Å². The van der Waals surface area contributed by atoms with Crippen LogP contribution in [0, 0.1) is 29.1 Å². The Kier molecular flexibility index (Phi) is 3.65. The van der Waals surface area contributed by atoms with E-state index in [4.69, 9.17) is 26.0 Å². The first-order chi connectivity index (χ1) is 19.1. The number of aliphatic hydroxyl groups excluding tert-OH is 1. The Bertz CT molecular complexity index is 1060. The number of fused-ring (bicyclic) bond motifs is 1. The van der Waals surface area contributed by atoms with E-state index in [1.54, 1.807) is 12.2 Å². The van der Waals surface area contributed by atoms with Crippen molar-refractivity contribution in [1.29, 1.82) is 1.43 Å². The van der Waals surface area contributed by atoms with Crippen molar-refractivity contribution in [3.8, 4) is 0 Å². The molecule has 0 spiro atoms. The van der Waals surface area contributed by atoms with Gasteiger partial charge in [0.15, 0.2) is 0 Å². The lowest BCUT2D eigenvalue weighted by atomic mass is 9.65. The number of rotatable bonds is 7. The summed E-state index contributed by atoms with van der Waals surface area (Å²) in [6.07, 6.45) is -0.704. The predicted octanol–water partition coefficient (Wildman–Crippen LogP) is 4.59. The molecule has 2 aliphatic carbocycles. The van der Waals surface area contributed by atoms with Gasteiger partial charge >= 0.3 is 11.9 Å². The Morgan fingerprint density at radius 2 is 2.27 bits per heavy atom. The summed E-state index contributed by atoms with van der Waals surface area (Å²) in [6, 6.07) is 0. The van der Waals surface area contributed by atoms with Crippen LogP contribution in [-0.2, 0) is 19.1 Å². The molecule has 5 nitrogen and oxygen atoms in total. The van der Waals surface area contributed by atoms with Crippen molar-refractivity contribution in [3.63, 3.8) is 0 Å². The van der Waals surface area contributed by atoms with Gasteiger partial charge in [0, 0.05) is 27.4 Å². The number of esters is 2. The second kappa shape index (κ2) is 9.25. The van der Waals surface area contributed by atoms with E-state index in [0.717, 1.165) is 0 Å². The van der Waals surface area contributed by atoms with Gasteiger partial charge in [-0.05, 0) is 62.7 Å². The van der Waals surface area contributed by atoms with Crippen LogP contribution in [0.5, 0.6) is 0 Å². The van der Waals surface area contributed by atoms with Crippen LogP contribution in [0.1, 0.15) is 88.0 Å². The molecular formula is C25H38O5. The van der Waals surface area contributed by atoms with E-state index in [2.05, 4.69) is 5.11 Å². The molecule has 0 radical (unpaired) electrons. The highest BCUT2D eigenvalue weighted by atomic mass is 16.6. The summed E-state index contributed by atoms with van der Waals surface area (Å²) in [6.45, 7) is -5.74. The van der Waals surface area contributed by atoms with Crippen LogP contribution < -0.4 is 0 Å². The molecule has 0 aromatic carbocycles. The minimum absolute atomic E-state index is 0.0533. The van der Waals surface area contributed by atoms with Crippen molar-refractivity contribution < 1.29 is 39.2 Å². The van der Waals surface area contributed by atoms with Crippen LogP contribution in [0.3, 0.4) is 0 Å². The molecule has 7 atom stereocenters. The lowest BCUT2D eigenvalue weighted by Gasteiger charge is -2.44. The molecule has 1 unspecified atom stereocenters. The van der Waals surface area contributed by atoms with Gasteiger partial charge in [0.1, 0.15) is 12.2 Å². The molecule has 1 aliphatic heterocycles. The summed E-state index contributed by atoms with van der Waals surface area (Å²) < 4.78 is 106. The van der Waals surface area contributed by atoms with E-state index in [-0.39, 0.29) is 31.1 Å². The fraction of sp³-hybridized carbons (Fsp3) is 0.760. The highest BCUT2D eigenvalue weighted by molar-refractivity contribution is 5.76. The molecule has 0 saturated carbocycles. The van der Waals surface area contributed by atoms with Gasteiger partial charge in [-0.1, -0.05) is 38.9 Å². The molecule has 5 heteroatoms. The molecule has 30 heavy (non-hydrogen) atoms. The Hall–Kier alpha value is -1.62. The van der Waals surface area contributed by atoms with Crippen molar-refractivity contribution in [3.05, 3.63) is 23.8 Å². The zero-order valence-corrected chi connectivity index (χ0v) is 17.4. The number of cyclic esters (lactones) is 1. The zero-order valence-electron chi connectivity index (χ0n) is 29.4. The van der Waals surface area contributed by atoms with Crippen LogP contribution in [0.25, 0.3) is 0 Å². The molecule has 1 N–H and O–H groups in total. The summed E-state index contributed by atoms with van der Waals surface area (Å²) in [5.41, 5.74) is -2.25. The minimum atomic E-state index is -3.23. The second-order valence-electron chi connectivity index (χ2n) is 8.59. The predicted molar refractivity (Wildman–Crippen MR) is 115 cm³/mol. The first-order valence-corrected chi connectivity index (χ1v) is 10.6. The van der Waals surface area contributed by atoms with E-state index >= 15 is 0 Å². The smallest absolute Gasteiger partial charge is 0.311 e. The molecular weight excluding hydrogens is 380 g/mol. The van der Waals surface area contributed by atoms with Crippen LogP contribution in [-0.4, -0.2) is 36.8 Å². The molecule has 3 aliphatic rings. The third kappa shape index (κ3) is 5.16. The molecule has 3 rings (SSSR count). The minimum Gasteiger partial charge on any atom is -0.462 e. The molecule has 0 bridgehead atoms. The number of hydrogen-bond acceptors (Lipinski definition) is 5. The lowest BCUT2D eigenvalue weighted by molar-refractivity contribution is -0.166. The van der Waals surface area contributed by atoms with E-state index in [1.165, 1.54) is 6.92 Å². The first-order valence-electron chi connectivity index (χ1n) is 16.5. The average Bonchev–Trinajstić information content (AvgIpc) is 2.83. The molecule has 1 heterocycles. The second-order valence-corrected chi connectivity index (χ2v) is 8.59. The fourth-order valence-electron chi connectivity index (χ4n) is 4.61. The summed E-state index contributed by atoms with van der Waals surface area (Å²) in [7, 11) is 0. The number of ether oxygens (including phenoxy) is 2. The first kappa shape index (κ1) is 11.8. The summed E-state index contributed by atoms with van der Waals surface area (Å²) in [5, 5.41) is 4.46. The number of hydrogen-bond donors (Lipinski definition) is 1. The maximum absolute atomic E-state index is 13.6. The molecule has 0 aromatic rings. The fourth-order valence-corrected chi connectivity index (χ4v) is 4.61. The van der Waals surface area contributed by atoms with Gasteiger partial charge in [-0.25, -0.2) is 0 Å². The van der Waals surface area contributed by atoms with E-state index in [9.17, 15) is 9.59 Å². The summed E-state index contributed by atoms with van der Waals surface area (Å²) in [5.74, 6) is -4.67. The lowest BCUT2D eigenvalue weighted by Crippen LogP contribution is -2.43. The largest absolute Gasteiger partial charge is 0.462 e. The average molecular weight is 431 g/mol. The van der Waals surface area contributed by atoms with Crippen molar-refractivity contribution in [1.82, 2.24) is 0 Å². The van der Waals surface area contributed by atoms with Crippen molar-refractivity contribution in [2.45, 2.75) is 91.2 Å². The summed E-state index contributed by atoms with van der Waals surface area (Å²) in [4.78, 5) is 25.8. The Balaban J connectivity index is 1.96. The van der Waals surface area contributed by atoms with Crippen LogP contribution in [0.15, 0.2) is 23.8 Å². The SMILES string of the molecule is [2H]O[C@@H]1CC(CC[C@@H]2[C@@H]3C(=C[C@H](C([2H])([2H])[2H])C[C@@H]3OC(=O)C(CC)(C([2H])([2H])[2H])C([2H])([2H])[2H])C=C[C@@H]2C)OC(=O)C1([2H])[2H]. The van der Waals surface area contributed by atoms with Gasteiger partial charge < -0.3 is 14.6 Å². The van der Waals surface area contributed by atoms with Gasteiger partial charge in [-0.15, -0.1) is 0 Å². The van der Waals surface area contributed by atoms with Crippen molar-refractivity contribution >= 4 is 11.9 Å². The highest BCUT2D eigenvalue weighted by Crippen LogP contribution is 2.45. The van der Waals surface area contributed by atoms with Crippen LogP contribution in [0.4, 0.5) is 0 Å². The van der Waals surface area contributed by atoms with Gasteiger partial charge in [0.2, 0.25) is 1.43 Å². The Labute approximate surface area is 197 Å². The number of allylic oxidation sites excluding steroid dienone is 3. The summed E-state index contributed by atoms with van der Waals surface area (Å²) >= 11 is 0. The molecule has 1 fully saturated rings. The van der Waals surface area contributed by atoms with Crippen molar-refractivity contribution in [2.75, 3.05) is 0 Å². The molecule has 0 amide bonds. The Morgan fingerprint density at radius 3 is 2.97 bits per heavy atom. The maximum Gasteiger partial charge on any atom is 0.311 e. The number of carbonyl (C=O) groups is 2. The van der Waals surface area contributed by atoms with E-state index < -0.39 is 80.9 Å². The third-order valence-electron chi connectivity index (χ3n) is 6.38. The standard InChI is InChI=1S/C25H38O5/c1-6-25(4,5)24(28)30-21-12-15(2)11-17-8-7-16(3)20(23(17)21)10-9-19-13-18(26)14-22(27)29-19/h7-8,11,15-16,18-21,23,26H,6,9-10,12-14H2,1-5H3/t15-,16-,18+,19?,20-,21-,23-/m0/s1/i2D3,4D3,5D3,14D2,26D. The van der Waals surface area contributed by atoms with Crippen LogP contribution >= 0.6 is 0 Å². The zero-order chi connectivity index (χ0) is 32.1. The monoisotopic (exact) mass is 430 g/mol. The van der Waals surface area contributed by atoms with Gasteiger partial charge in [0.25, 0.3) is 0 Å².